The van der Waals surface area contributed by atoms with Crippen LogP contribution in [0.2, 0.25) is 0 Å². The zero-order valence-electron chi connectivity index (χ0n) is 11.5. The summed E-state index contributed by atoms with van der Waals surface area (Å²) in [6.07, 6.45) is -4.83. The average Bonchev–Trinajstić information content (AvgIpc) is 2.34. The van der Waals surface area contributed by atoms with E-state index in [1.54, 1.807) is 19.1 Å². The minimum atomic E-state index is -4.83. The van der Waals surface area contributed by atoms with Crippen LogP contribution in [0.5, 0.6) is 11.5 Å². The first kappa shape index (κ1) is 16.7. The second-order valence-electron chi connectivity index (χ2n) is 4.76. The highest BCUT2D eigenvalue weighted by Gasteiger charge is 2.33. The third-order valence-corrected chi connectivity index (χ3v) is 3.49. The fourth-order valence-corrected chi connectivity index (χ4v) is 2.71. The van der Waals surface area contributed by atoms with Crippen molar-refractivity contribution in [1.82, 2.24) is 0 Å². The van der Waals surface area contributed by atoms with Crippen molar-refractivity contribution in [2.45, 2.75) is 20.0 Å². The van der Waals surface area contributed by atoms with Crippen molar-refractivity contribution in [1.29, 1.82) is 0 Å². The monoisotopic (exact) mass is 380 g/mol. The van der Waals surface area contributed by atoms with Gasteiger partial charge in [0.2, 0.25) is 0 Å². The zero-order chi connectivity index (χ0) is 16.7. The minimum Gasteiger partial charge on any atom is -0.450 e. The molecular formula is C15H10BrF5O. The Labute approximate surface area is 131 Å². The summed E-state index contributed by atoms with van der Waals surface area (Å²) in [5, 5.41) is 0. The Morgan fingerprint density at radius 3 is 1.91 bits per heavy atom. The molecule has 0 aliphatic heterocycles. The third-order valence-electron chi connectivity index (χ3n) is 2.90. The lowest BCUT2D eigenvalue weighted by Gasteiger charge is -2.14. The van der Waals surface area contributed by atoms with Gasteiger partial charge in [0.25, 0.3) is 0 Å². The van der Waals surface area contributed by atoms with Crippen molar-refractivity contribution < 1.29 is 26.7 Å². The molecule has 2 aromatic rings. The first-order valence-corrected chi connectivity index (χ1v) is 6.89. The van der Waals surface area contributed by atoms with E-state index < -0.39 is 29.1 Å². The van der Waals surface area contributed by atoms with E-state index in [9.17, 15) is 22.0 Å². The van der Waals surface area contributed by atoms with Gasteiger partial charge in [0.05, 0.1) is 10.0 Å². The number of ether oxygens (including phenoxy) is 1. The molecule has 2 rings (SSSR count). The third kappa shape index (κ3) is 3.40. The fraction of sp³-hybridized carbons (Fsp3) is 0.200. The van der Waals surface area contributed by atoms with Crippen LogP contribution in [0, 0.1) is 25.5 Å². The highest BCUT2D eigenvalue weighted by Crippen LogP contribution is 2.38. The van der Waals surface area contributed by atoms with Gasteiger partial charge >= 0.3 is 6.18 Å². The van der Waals surface area contributed by atoms with Gasteiger partial charge in [-0.3, -0.25) is 0 Å². The summed E-state index contributed by atoms with van der Waals surface area (Å²) in [5.41, 5.74) is 0.0743. The molecule has 0 atom stereocenters. The molecule has 0 saturated heterocycles. The number of benzene rings is 2. The standard InChI is InChI=1S/C15H10BrF5O/c1-7-3-8(2)13(10(16)4-7)22-14-11(17)5-9(6-12(14)18)15(19,20)21/h3-6H,1-2H3. The molecule has 0 aliphatic rings. The van der Waals surface area contributed by atoms with E-state index >= 15 is 0 Å². The Kier molecular flexibility index (Phi) is 4.47. The highest BCUT2D eigenvalue weighted by molar-refractivity contribution is 9.10. The summed E-state index contributed by atoms with van der Waals surface area (Å²) in [5.74, 6) is -3.57. The smallest absolute Gasteiger partial charge is 0.416 e. The largest absolute Gasteiger partial charge is 0.450 e. The van der Waals surface area contributed by atoms with Crippen LogP contribution in [0.4, 0.5) is 22.0 Å². The Balaban J connectivity index is 2.48. The molecule has 2 aromatic carbocycles. The molecule has 0 fully saturated rings. The van der Waals surface area contributed by atoms with Crippen molar-refractivity contribution in [2.24, 2.45) is 0 Å². The van der Waals surface area contributed by atoms with Crippen molar-refractivity contribution in [2.75, 3.05) is 0 Å². The lowest BCUT2D eigenvalue weighted by atomic mass is 10.1. The van der Waals surface area contributed by atoms with Crippen molar-refractivity contribution >= 4 is 15.9 Å². The van der Waals surface area contributed by atoms with E-state index in [4.69, 9.17) is 4.74 Å². The maximum Gasteiger partial charge on any atom is 0.416 e. The van der Waals surface area contributed by atoms with E-state index in [1.165, 1.54) is 0 Å². The van der Waals surface area contributed by atoms with Crippen LogP contribution in [-0.4, -0.2) is 0 Å². The van der Waals surface area contributed by atoms with E-state index in [2.05, 4.69) is 15.9 Å². The number of alkyl halides is 3. The Morgan fingerprint density at radius 1 is 0.909 bits per heavy atom. The molecule has 22 heavy (non-hydrogen) atoms. The van der Waals surface area contributed by atoms with Crippen LogP contribution in [0.3, 0.4) is 0 Å². The van der Waals surface area contributed by atoms with Crippen LogP contribution in [0.25, 0.3) is 0 Å². The maximum atomic E-state index is 13.8. The second kappa shape index (κ2) is 5.87. The molecule has 0 N–H and O–H groups in total. The summed E-state index contributed by atoms with van der Waals surface area (Å²) in [6.45, 7) is 3.48. The van der Waals surface area contributed by atoms with Gasteiger partial charge in [-0.25, -0.2) is 8.78 Å². The number of halogens is 6. The number of hydrogen-bond donors (Lipinski definition) is 0. The van der Waals surface area contributed by atoms with Crippen LogP contribution in [-0.2, 0) is 6.18 Å². The molecule has 0 heterocycles. The molecule has 0 amide bonds. The topological polar surface area (TPSA) is 9.23 Å². The van der Waals surface area contributed by atoms with E-state index in [0.29, 0.717) is 10.0 Å². The highest BCUT2D eigenvalue weighted by atomic mass is 79.9. The van der Waals surface area contributed by atoms with E-state index in [-0.39, 0.29) is 17.9 Å². The molecule has 7 heteroatoms. The Hall–Kier alpha value is -1.63. The van der Waals surface area contributed by atoms with Gasteiger partial charge in [0, 0.05) is 0 Å². The molecule has 0 saturated carbocycles. The SMILES string of the molecule is Cc1cc(C)c(Oc2c(F)cc(C(F)(F)F)cc2F)c(Br)c1. The summed E-state index contributed by atoms with van der Waals surface area (Å²) < 4.78 is 70.7. The molecular weight excluding hydrogens is 371 g/mol. The molecule has 0 aromatic heterocycles. The van der Waals surface area contributed by atoms with E-state index in [1.807, 2.05) is 6.92 Å². The molecule has 0 radical (unpaired) electrons. The fourth-order valence-electron chi connectivity index (χ4n) is 1.95. The number of hydrogen-bond acceptors (Lipinski definition) is 1. The normalized spacial score (nSPS) is 11.6. The predicted molar refractivity (Wildman–Crippen MR) is 75.1 cm³/mol. The van der Waals surface area contributed by atoms with E-state index in [0.717, 1.165) is 5.56 Å². The molecule has 0 aliphatic carbocycles. The van der Waals surface area contributed by atoms with Gasteiger partial charge in [-0.2, -0.15) is 13.2 Å². The number of aryl methyl sites for hydroxylation is 2. The summed E-state index contributed by atoms with van der Waals surface area (Å²) >= 11 is 3.20. The number of rotatable bonds is 2. The summed E-state index contributed by atoms with van der Waals surface area (Å²) in [6, 6.07) is 3.80. The van der Waals surface area contributed by atoms with Crippen molar-refractivity contribution in [3.63, 3.8) is 0 Å². The van der Waals surface area contributed by atoms with Crippen molar-refractivity contribution in [3.8, 4) is 11.5 Å². The predicted octanol–water partition coefficient (Wildman–Crippen LogP) is 6.16. The van der Waals surface area contributed by atoms with Gasteiger partial charge in [0.1, 0.15) is 5.75 Å². The van der Waals surface area contributed by atoms with Gasteiger partial charge in [-0.05, 0) is 59.1 Å². The van der Waals surface area contributed by atoms with Crippen LogP contribution in [0.1, 0.15) is 16.7 Å². The lowest BCUT2D eigenvalue weighted by molar-refractivity contribution is -0.138. The quantitative estimate of drug-likeness (QED) is 0.567. The summed E-state index contributed by atoms with van der Waals surface area (Å²) in [4.78, 5) is 0. The molecule has 118 valence electrons. The summed E-state index contributed by atoms with van der Waals surface area (Å²) in [7, 11) is 0. The Morgan fingerprint density at radius 2 is 1.45 bits per heavy atom. The molecule has 1 nitrogen and oxygen atoms in total. The molecule has 0 spiro atoms. The van der Waals surface area contributed by atoms with Gasteiger partial charge in [0.15, 0.2) is 17.4 Å². The molecule has 0 bridgehead atoms. The van der Waals surface area contributed by atoms with Gasteiger partial charge in [-0.1, -0.05) is 6.07 Å². The van der Waals surface area contributed by atoms with Crippen LogP contribution in [0.15, 0.2) is 28.7 Å². The average molecular weight is 381 g/mol. The molecule has 0 unspecified atom stereocenters. The van der Waals surface area contributed by atoms with Crippen LogP contribution >= 0.6 is 15.9 Å². The second-order valence-corrected chi connectivity index (χ2v) is 5.62. The van der Waals surface area contributed by atoms with Gasteiger partial charge in [-0.15, -0.1) is 0 Å². The first-order chi connectivity index (χ1) is 10.1. The van der Waals surface area contributed by atoms with Crippen LogP contribution < -0.4 is 4.74 Å². The lowest BCUT2D eigenvalue weighted by Crippen LogP contribution is -2.07. The minimum absolute atomic E-state index is 0.142. The van der Waals surface area contributed by atoms with Crippen molar-refractivity contribution in [3.05, 3.63) is 57.1 Å². The zero-order valence-corrected chi connectivity index (χ0v) is 13.1. The Bertz CT molecular complexity index is 678. The maximum absolute atomic E-state index is 13.8. The first-order valence-electron chi connectivity index (χ1n) is 6.10. The van der Waals surface area contributed by atoms with Gasteiger partial charge < -0.3 is 4.74 Å².